The van der Waals surface area contributed by atoms with Crippen LogP contribution in [0.4, 0.5) is 0 Å². The van der Waals surface area contributed by atoms with E-state index in [2.05, 4.69) is 25.7 Å². The highest BCUT2D eigenvalue weighted by molar-refractivity contribution is 5.75. The molecular weight excluding hydrogens is 392 g/mol. The molecule has 0 atom stereocenters. The van der Waals surface area contributed by atoms with Gasteiger partial charge in [-0.3, -0.25) is 4.79 Å². The van der Waals surface area contributed by atoms with E-state index < -0.39 is 0 Å². The summed E-state index contributed by atoms with van der Waals surface area (Å²) in [6, 6.07) is 17.7. The molecule has 2 aromatic carbocycles. The maximum absolute atomic E-state index is 12.1. The zero-order chi connectivity index (χ0) is 21.5. The van der Waals surface area contributed by atoms with Gasteiger partial charge in [0.1, 0.15) is 6.26 Å². The molecule has 31 heavy (non-hydrogen) atoms. The van der Waals surface area contributed by atoms with Crippen LogP contribution >= 0.6 is 0 Å². The number of nitrogens with zero attached hydrogens (tertiary/aromatic N) is 5. The van der Waals surface area contributed by atoms with Crippen molar-refractivity contribution in [2.45, 2.75) is 32.7 Å². The van der Waals surface area contributed by atoms with Crippen LogP contribution in [0.3, 0.4) is 0 Å². The molecule has 0 aliphatic carbocycles. The molecule has 0 aliphatic heterocycles. The number of rotatable bonds is 9. The van der Waals surface area contributed by atoms with Crippen molar-refractivity contribution in [2.24, 2.45) is 0 Å². The lowest BCUT2D eigenvalue weighted by Crippen LogP contribution is -2.25. The lowest BCUT2D eigenvalue weighted by Gasteiger charge is -2.03. The van der Waals surface area contributed by atoms with Crippen molar-refractivity contribution in [2.75, 3.05) is 6.54 Å². The third kappa shape index (κ3) is 5.63. The standard InChI is InChI=1S/C23H24N6O2/c1-17-9-11-19(12-10-17)23-25-20(16-31-23)13-14-24-21(30)8-5-15-29-27-22(26-28-29)18-6-3-2-4-7-18/h2-4,6-7,9-12,16H,5,8,13-15H2,1H3,(H,24,30). The van der Waals surface area contributed by atoms with Crippen molar-refractivity contribution in [1.29, 1.82) is 0 Å². The number of tetrazole rings is 1. The molecule has 0 spiro atoms. The van der Waals surface area contributed by atoms with Crippen molar-refractivity contribution in [3.05, 3.63) is 72.1 Å². The van der Waals surface area contributed by atoms with Crippen LogP contribution in [-0.2, 0) is 17.8 Å². The van der Waals surface area contributed by atoms with Crippen LogP contribution in [0, 0.1) is 6.92 Å². The van der Waals surface area contributed by atoms with Crippen molar-refractivity contribution >= 4 is 5.91 Å². The lowest BCUT2D eigenvalue weighted by atomic mass is 10.1. The van der Waals surface area contributed by atoms with Crippen LogP contribution in [0.5, 0.6) is 0 Å². The van der Waals surface area contributed by atoms with Gasteiger partial charge in [-0.05, 0) is 30.7 Å². The molecule has 0 saturated carbocycles. The summed E-state index contributed by atoms with van der Waals surface area (Å²) in [5, 5.41) is 15.4. The lowest BCUT2D eigenvalue weighted by molar-refractivity contribution is -0.121. The summed E-state index contributed by atoms with van der Waals surface area (Å²) in [5.74, 6) is 1.17. The first-order chi connectivity index (χ1) is 15.2. The fourth-order valence-electron chi connectivity index (χ4n) is 3.09. The zero-order valence-electron chi connectivity index (χ0n) is 17.4. The number of aryl methyl sites for hydroxylation is 2. The number of amides is 1. The molecule has 1 amide bonds. The van der Waals surface area contributed by atoms with Gasteiger partial charge < -0.3 is 9.73 Å². The second kappa shape index (κ2) is 9.80. The van der Waals surface area contributed by atoms with E-state index in [1.165, 1.54) is 10.4 Å². The van der Waals surface area contributed by atoms with Gasteiger partial charge in [-0.25, -0.2) is 4.98 Å². The Morgan fingerprint density at radius 1 is 1.06 bits per heavy atom. The zero-order valence-corrected chi connectivity index (χ0v) is 17.4. The highest BCUT2D eigenvalue weighted by Crippen LogP contribution is 2.19. The van der Waals surface area contributed by atoms with Gasteiger partial charge in [-0.15, -0.1) is 10.2 Å². The number of aromatic nitrogens is 5. The molecule has 0 unspecified atom stereocenters. The van der Waals surface area contributed by atoms with Crippen LogP contribution in [-0.4, -0.2) is 37.6 Å². The van der Waals surface area contributed by atoms with E-state index in [9.17, 15) is 4.79 Å². The smallest absolute Gasteiger partial charge is 0.226 e. The van der Waals surface area contributed by atoms with Gasteiger partial charge in [0.2, 0.25) is 17.6 Å². The summed E-state index contributed by atoms with van der Waals surface area (Å²) in [5.41, 5.74) is 3.87. The topological polar surface area (TPSA) is 98.7 Å². The van der Waals surface area contributed by atoms with Crippen LogP contribution in [0.1, 0.15) is 24.1 Å². The van der Waals surface area contributed by atoms with Crippen molar-refractivity contribution in [1.82, 2.24) is 30.5 Å². The first kappa shape index (κ1) is 20.5. The molecule has 4 rings (SSSR count). The first-order valence-electron chi connectivity index (χ1n) is 10.3. The largest absolute Gasteiger partial charge is 0.444 e. The third-order valence-electron chi connectivity index (χ3n) is 4.80. The normalized spacial score (nSPS) is 10.9. The molecule has 1 N–H and O–H groups in total. The first-order valence-corrected chi connectivity index (χ1v) is 10.3. The second-order valence-electron chi connectivity index (χ2n) is 7.29. The van der Waals surface area contributed by atoms with Crippen LogP contribution in [0.15, 0.2) is 65.3 Å². The van der Waals surface area contributed by atoms with E-state index in [0.29, 0.717) is 44.1 Å². The summed E-state index contributed by atoms with van der Waals surface area (Å²) in [4.78, 5) is 18.1. The molecule has 0 bridgehead atoms. The van der Waals surface area contributed by atoms with E-state index in [1.807, 2.05) is 61.5 Å². The molecule has 8 nitrogen and oxygen atoms in total. The highest BCUT2D eigenvalue weighted by atomic mass is 16.3. The number of oxazole rings is 1. The van der Waals surface area contributed by atoms with Crippen molar-refractivity contribution in [3.63, 3.8) is 0 Å². The Balaban J connectivity index is 1.17. The Kier molecular flexibility index (Phi) is 6.47. The average molecular weight is 416 g/mol. The van der Waals surface area contributed by atoms with Crippen LogP contribution in [0.25, 0.3) is 22.8 Å². The van der Waals surface area contributed by atoms with Crippen LogP contribution < -0.4 is 5.32 Å². The molecule has 158 valence electrons. The second-order valence-corrected chi connectivity index (χ2v) is 7.29. The maximum atomic E-state index is 12.1. The molecular formula is C23H24N6O2. The minimum Gasteiger partial charge on any atom is -0.444 e. The Labute approximate surface area is 180 Å². The fourth-order valence-corrected chi connectivity index (χ4v) is 3.09. The number of hydrogen-bond acceptors (Lipinski definition) is 6. The van der Waals surface area contributed by atoms with Gasteiger partial charge in [-0.2, -0.15) is 4.80 Å². The Morgan fingerprint density at radius 3 is 2.68 bits per heavy atom. The molecule has 2 heterocycles. The summed E-state index contributed by atoms with van der Waals surface area (Å²) in [6.45, 7) is 3.09. The molecule has 2 aromatic heterocycles. The van der Waals surface area contributed by atoms with E-state index >= 15 is 0 Å². The molecule has 0 saturated heterocycles. The van der Waals surface area contributed by atoms with Crippen LogP contribution in [0.2, 0.25) is 0 Å². The molecule has 4 aromatic rings. The minimum absolute atomic E-state index is 0.00866. The quantitative estimate of drug-likeness (QED) is 0.449. The molecule has 8 heteroatoms. The highest BCUT2D eigenvalue weighted by Gasteiger charge is 2.09. The minimum atomic E-state index is -0.00866. The number of benzene rings is 2. The van der Waals surface area contributed by atoms with Gasteiger partial charge in [0.05, 0.1) is 12.2 Å². The van der Waals surface area contributed by atoms with Crippen molar-refractivity contribution < 1.29 is 9.21 Å². The SMILES string of the molecule is Cc1ccc(-c2nc(CCNC(=O)CCCn3nnc(-c4ccccc4)n3)co2)cc1. The van der Waals surface area contributed by atoms with E-state index in [4.69, 9.17) is 4.42 Å². The van der Waals surface area contributed by atoms with E-state index in [0.717, 1.165) is 16.8 Å². The maximum Gasteiger partial charge on any atom is 0.226 e. The number of carbonyl (C=O) groups excluding carboxylic acids is 1. The Bertz CT molecular complexity index is 1120. The summed E-state index contributed by atoms with van der Waals surface area (Å²) < 4.78 is 5.55. The summed E-state index contributed by atoms with van der Waals surface area (Å²) in [7, 11) is 0. The Morgan fingerprint density at radius 2 is 1.87 bits per heavy atom. The predicted octanol–water partition coefficient (Wildman–Crippen LogP) is 3.44. The summed E-state index contributed by atoms with van der Waals surface area (Å²) >= 11 is 0. The van der Waals surface area contributed by atoms with E-state index in [1.54, 1.807) is 6.26 Å². The van der Waals surface area contributed by atoms with Gasteiger partial charge in [0.25, 0.3) is 0 Å². The average Bonchev–Trinajstić information content (AvgIpc) is 3.45. The predicted molar refractivity (Wildman–Crippen MR) is 116 cm³/mol. The molecule has 0 radical (unpaired) electrons. The van der Waals surface area contributed by atoms with Crippen molar-refractivity contribution in [3.8, 4) is 22.8 Å². The van der Waals surface area contributed by atoms with Gasteiger partial charge >= 0.3 is 0 Å². The number of hydrogen-bond donors (Lipinski definition) is 1. The number of nitrogens with one attached hydrogen (secondary N) is 1. The third-order valence-corrected chi connectivity index (χ3v) is 4.80. The van der Waals surface area contributed by atoms with Gasteiger partial charge in [0, 0.05) is 30.5 Å². The monoisotopic (exact) mass is 416 g/mol. The van der Waals surface area contributed by atoms with E-state index in [-0.39, 0.29) is 5.91 Å². The summed E-state index contributed by atoms with van der Waals surface area (Å²) in [6.07, 6.45) is 3.29. The Hall–Kier alpha value is -3.81. The molecule has 0 aliphatic rings. The van der Waals surface area contributed by atoms with Gasteiger partial charge in [-0.1, -0.05) is 48.0 Å². The van der Waals surface area contributed by atoms with Gasteiger partial charge in [0.15, 0.2) is 0 Å². The number of carbonyl (C=O) groups is 1. The fraction of sp³-hybridized carbons (Fsp3) is 0.261. The molecule has 0 fully saturated rings.